The van der Waals surface area contributed by atoms with Crippen LogP contribution in [0.15, 0.2) is 136 Å². The fourth-order valence-corrected chi connectivity index (χ4v) is 6.81. The highest BCUT2D eigenvalue weighted by Gasteiger charge is 2.31. The summed E-state index contributed by atoms with van der Waals surface area (Å²) in [5.74, 6) is 1.06. The standard InChI is InChI=1S/C39H27N2O2/c1-24-19-21-28-27-13-6-9-17-33(27)43-38(28)36(24)39-40(2)30-14-7-8-15-31(30)41(39)32-16-10-18-34-37(32)29-22-20-26(23-35(29)42-34)25-11-4-3-5-12-25/h3-23H,1-2H3/q+1. The lowest BCUT2D eigenvalue weighted by molar-refractivity contribution is -0.633. The molecule has 6 aromatic carbocycles. The van der Waals surface area contributed by atoms with Crippen molar-refractivity contribution in [3.63, 3.8) is 0 Å². The Morgan fingerprint density at radius 3 is 2.26 bits per heavy atom. The van der Waals surface area contributed by atoms with Gasteiger partial charge in [0.05, 0.1) is 12.4 Å². The van der Waals surface area contributed by atoms with Crippen molar-refractivity contribution in [3.8, 4) is 28.2 Å². The first-order chi connectivity index (χ1) is 21.2. The van der Waals surface area contributed by atoms with Crippen molar-refractivity contribution in [1.29, 1.82) is 0 Å². The lowest BCUT2D eigenvalue weighted by Gasteiger charge is -2.08. The number of benzene rings is 6. The molecule has 4 heteroatoms. The van der Waals surface area contributed by atoms with Gasteiger partial charge in [0, 0.05) is 16.2 Å². The zero-order valence-corrected chi connectivity index (χ0v) is 23.8. The van der Waals surface area contributed by atoms with Crippen molar-refractivity contribution in [2.45, 2.75) is 6.92 Å². The van der Waals surface area contributed by atoms with Gasteiger partial charge in [0.1, 0.15) is 28.0 Å². The van der Waals surface area contributed by atoms with Gasteiger partial charge < -0.3 is 8.83 Å². The molecule has 0 radical (unpaired) electrons. The zero-order valence-electron chi connectivity index (χ0n) is 23.8. The van der Waals surface area contributed by atoms with E-state index in [9.17, 15) is 0 Å². The first kappa shape index (κ1) is 24.0. The number of furan rings is 2. The van der Waals surface area contributed by atoms with E-state index in [-0.39, 0.29) is 0 Å². The van der Waals surface area contributed by atoms with Crippen LogP contribution in [0.3, 0.4) is 0 Å². The van der Waals surface area contributed by atoms with Crippen LogP contribution in [0.4, 0.5) is 0 Å². The second-order valence-corrected chi connectivity index (χ2v) is 11.3. The van der Waals surface area contributed by atoms with Crippen molar-refractivity contribution in [2.24, 2.45) is 7.05 Å². The number of rotatable bonds is 3. The molecule has 9 rings (SSSR count). The molecule has 9 aromatic rings. The van der Waals surface area contributed by atoms with E-state index in [0.717, 1.165) is 83.1 Å². The van der Waals surface area contributed by atoms with Gasteiger partial charge in [-0.3, -0.25) is 0 Å². The molecule has 0 saturated carbocycles. The Morgan fingerprint density at radius 2 is 1.35 bits per heavy atom. The zero-order chi connectivity index (χ0) is 28.7. The molecule has 0 saturated heterocycles. The average Bonchev–Trinajstić information content (AvgIpc) is 3.70. The molecule has 0 aliphatic heterocycles. The maximum absolute atomic E-state index is 6.61. The van der Waals surface area contributed by atoms with E-state index in [4.69, 9.17) is 8.83 Å². The molecule has 4 nitrogen and oxygen atoms in total. The molecule has 3 heterocycles. The van der Waals surface area contributed by atoms with Crippen LogP contribution in [0.25, 0.3) is 83.1 Å². The maximum atomic E-state index is 6.61. The minimum absolute atomic E-state index is 0.864. The molecule has 0 atom stereocenters. The van der Waals surface area contributed by atoms with Crippen molar-refractivity contribution in [3.05, 3.63) is 133 Å². The number of hydrogen-bond acceptors (Lipinski definition) is 2. The Morgan fingerprint density at radius 1 is 0.581 bits per heavy atom. The van der Waals surface area contributed by atoms with E-state index in [0.29, 0.717) is 0 Å². The third kappa shape index (κ3) is 3.41. The van der Waals surface area contributed by atoms with Gasteiger partial charge in [-0.2, -0.15) is 4.57 Å². The van der Waals surface area contributed by atoms with Crippen molar-refractivity contribution >= 4 is 54.9 Å². The lowest BCUT2D eigenvalue weighted by Crippen LogP contribution is -2.30. The van der Waals surface area contributed by atoms with Crippen molar-refractivity contribution in [2.75, 3.05) is 0 Å². The number of aromatic nitrogens is 2. The Labute approximate surface area is 247 Å². The summed E-state index contributed by atoms with van der Waals surface area (Å²) in [5, 5.41) is 4.43. The van der Waals surface area contributed by atoms with Gasteiger partial charge in [-0.05, 0) is 66.1 Å². The minimum Gasteiger partial charge on any atom is -0.456 e. The number of fused-ring (bicyclic) bond motifs is 7. The molecule has 0 unspecified atom stereocenters. The molecule has 0 bridgehead atoms. The second kappa shape index (κ2) is 8.94. The van der Waals surface area contributed by atoms with E-state index in [1.807, 2.05) is 18.2 Å². The normalized spacial score (nSPS) is 12.0. The second-order valence-electron chi connectivity index (χ2n) is 11.3. The highest BCUT2D eigenvalue weighted by Crippen LogP contribution is 2.42. The summed E-state index contributed by atoms with van der Waals surface area (Å²) in [6.07, 6.45) is 0. The summed E-state index contributed by atoms with van der Waals surface area (Å²) in [6.45, 7) is 2.17. The highest BCUT2D eigenvalue weighted by atomic mass is 16.3. The Bertz CT molecular complexity index is 2530. The molecule has 0 spiro atoms. The van der Waals surface area contributed by atoms with Gasteiger partial charge in [-0.15, -0.1) is 0 Å². The van der Waals surface area contributed by atoms with Crippen LogP contribution < -0.4 is 4.57 Å². The third-order valence-electron chi connectivity index (χ3n) is 8.82. The van der Waals surface area contributed by atoms with E-state index in [1.54, 1.807) is 0 Å². The molecule has 0 N–H and O–H groups in total. The van der Waals surface area contributed by atoms with Gasteiger partial charge in [0.15, 0.2) is 16.6 Å². The summed E-state index contributed by atoms with van der Waals surface area (Å²) in [4.78, 5) is 0. The van der Waals surface area contributed by atoms with E-state index >= 15 is 0 Å². The van der Waals surface area contributed by atoms with Crippen LogP contribution in [0.5, 0.6) is 0 Å². The number of para-hydroxylation sites is 3. The first-order valence-corrected chi connectivity index (χ1v) is 14.6. The maximum Gasteiger partial charge on any atom is 0.299 e. The Hall–Kier alpha value is -5.61. The fourth-order valence-electron chi connectivity index (χ4n) is 6.81. The predicted molar refractivity (Wildman–Crippen MR) is 175 cm³/mol. The van der Waals surface area contributed by atoms with Crippen LogP contribution in [0.1, 0.15) is 5.56 Å². The highest BCUT2D eigenvalue weighted by molar-refractivity contribution is 6.12. The van der Waals surface area contributed by atoms with Gasteiger partial charge in [0.2, 0.25) is 0 Å². The largest absolute Gasteiger partial charge is 0.456 e. The number of imidazole rings is 1. The van der Waals surface area contributed by atoms with Crippen LogP contribution in [-0.2, 0) is 7.05 Å². The average molecular weight is 556 g/mol. The monoisotopic (exact) mass is 555 g/mol. The summed E-state index contributed by atoms with van der Waals surface area (Å²) >= 11 is 0. The predicted octanol–water partition coefficient (Wildman–Crippen LogP) is 9.90. The van der Waals surface area contributed by atoms with Gasteiger partial charge in [0.25, 0.3) is 5.82 Å². The summed E-state index contributed by atoms with van der Waals surface area (Å²) in [7, 11) is 2.15. The van der Waals surface area contributed by atoms with Crippen LogP contribution in [0, 0.1) is 6.92 Å². The molecule has 0 aliphatic rings. The number of nitrogens with zero attached hydrogens (tertiary/aromatic N) is 2. The SMILES string of the molecule is Cc1ccc2c(oc3ccccc32)c1-c1n(-c2cccc3oc4cc(-c5ccccc5)ccc4c23)c2ccccc2[n+]1C. The number of hydrogen-bond donors (Lipinski definition) is 0. The third-order valence-corrected chi connectivity index (χ3v) is 8.82. The molecule has 3 aromatic heterocycles. The van der Waals surface area contributed by atoms with Crippen molar-refractivity contribution in [1.82, 2.24) is 4.57 Å². The van der Waals surface area contributed by atoms with E-state index < -0.39 is 0 Å². The summed E-state index contributed by atoms with van der Waals surface area (Å²) in [5.41, 5.74) is 11.4. The van der Waals surface area contributed by atoms with Gasteiger partial charge in [-0.25, -0.2) is 4.57 Å². The molecule has 0 aliphatic carbocycles. The molecular weight excluding hydrogens is 528 g/mol. The van der Waals surface area contributed by atoms with E-state index in [1.165, 1.54) is 5.56 Å². The van der Waals surface area contributed by atoms with Gasteiger partial charge in [-0.1, -0.05) is 84.9 Å². The van der Waals surface area contributed by atoms with E-state index in [2.05, 4.69) is 132 Å². The topological polar surface area (TPSA) is 35.1 Å². The smallest absolute Gasteiger partial charge is 0.299 e. The molecule has 204 valence electrons. The lowest BCUT2D eigenvalue weighted by atomic mass is 10.0. The quantitative estimate of drug-likeness (QED) is 0.203. The molecule has 43 heavy (non-hydrogen) atoms. The first-order valence-electron chi connectivity index (χ1n) is 14.6. The van der Waals surface area contributed by atoms with Gasteiger partial charge >= 0.3 is 0 Å². The van der Waals surface area contributed by atoms with Crippen LogP contribution >= 0.6 is 0 Å². The Kier molecular flexibility index (Phi) is 5.00. The summed E-state index contributed by atoms with van der Waals surface area (Å²) in [6, 6.07) is 44.6. The fraction of sp³-hybridized carbons (Fsp3) is 0.0513. The molecular formula is C39H27N2O2+. The van der Waals surface area contributed by atoms with Crippen LogP contribution in [-0.4, -0.2) is 4.57 Å². The summed E-state index contributed by atoms with van der Waals surface area (Å²) < 4.78 is 17.8. The molecule has 0 amide bonds. The minimum atomic E-state index is 0.864. The molecule has 0 fully saturated rings. The van der Waals surface area contributed by atoms with Crippen molar-refractivity contribution < 1.29 is 13.4 Å². The Balaban J connectivity index is 1.39. The number of aryl methyl sites for hydroxylation is 2. The van der Waals surface area contributed by atoms with Crippen LogP contribution in [0.2, 0.25) is 0 Å².